The van der Waals surface area contributed by atoms with Crippen molar-refractivity contribution in [2.45, 2.75) is 32.1 Å². The van der Waals surface area contributed by atoms with Gasteiger partial charge in [-0.1, -0.05) is 30.7 Å². The average molecular weight is 396 g/mol. The topological polar surface area (TPSA) is 123 Å². The Bertz CT molecular complexity index is 809. The van der Waals surface area contributed by atoms with Crippen LogP contribution in [0, 0.1) is 0 Å². The quantitative estimate of drug-likeness (QED) is 0.280. The van der Waals surface area contributed by atoms with Crippen molar-refractivity contribution >= 4 is 24.2 Å². The molecule has 4 N–H and O–H groups in total. The minimum Gasteiger partial charge on any atom is -0.507 e. The Balaban J connectivity index is 1.56. The maximum absolute atomic E-state index is 11.7. The Hall–Kier alpha value is -3.68. The van der Waals surface area contributed by atoms with Gasteiger partial charge in [0.2, 0.25) is 11.8 Å². The zero-order valence-electron chi connectivity index (χ0n) is 15.9. The smallest absolute Gasteiger partial charge is 0.240 e. The molecular formula is C21H24N4O4. The molecule has 8 nitrogen and oxygen atoms in total. The Morgan fingerprint density at radius 1 is 0.724 bits per heavy atom. The highest BCUT2D eigenvalue weighted by Gasteiger charge is 2.03. The molecule has 0 bridgehead atoms. The van der Waals surface area contributed by atoms with E-state index in [4.69, 9.17) is 0 Å². The lowest BCUT2D eigenvalue weighted by Gasteiger charge is -2.02. The van der Waals surface area contributed by atoms with E-state index in [0.29, 0.717) is 43.2 Å². The van der Waals surface area contributed by atoms with Gasteiger partial charge in [-0.05, 0) is 37.1 Å². The summed E-state index contributed by atoms with van der Waals surface area (Å²) < 4.78 is 0. The van der Waals surface area contributed by atoms with E-state index < -0.39 is 0 Å². The van der Waals surface area contributed by atoms with E-state index in [-0.39, 0.29) is 23.3 Å². The number of rotatable bonds is 10. The summed E-state index contributed by atoms with van der Waals surface area (Å²) in [6.07, 6.45) is 5.34. The molecule has 0 aromatic heterocycles. The van der Waals surface area contributed by atoms with E-state index in [2.05, 4.69) is 21.1 Å². The number of benzene rings is 2. The van der Waals surface area contributed by atoms with Gasteiger partial charge >= 0.3 is 0 Å². The summed E-state index contributed by atoms with van der Waals surface area (Å²) in [5.41, 5.74) is 5.85. The number of carbonyl (C=O) groups excluding carboxylic acids is 2. The van der Waals surface area contributed by atoms with E-state index in [1.807, 2.05) is 0 Å². The fourth-order valence-electron chi connectivity index (χ4n) is 2.40. The number of aromatic hydroxyl groups is 2. The van der Waals surface area contributed by atoms with Crippen LogP contribution in [0.15, 0.2) is 58.7 Å². The number of para-hydroxylation sites is 2. The molecule has 0 aliphatic rings. The number of hydrogen-bond donors (Lipinski definition) is 4. The molecule has 2 amide bonds. The summed E-state index contributed by atoms with van der Waals surface area (Å²) in [6.45, 7) is 0. The summed E-state index contributed by atoms with van der Waals surface area (Å²) in [5.74, 6) is -0.274. The predicted octanol–water partition coefficient (Wildman–Crippen LogP) is 2.65. The van der Waals surface area contributed by atoms with Gasteiger partial charge in [-0.25, -0.2) is 10.9 Å². The number of phenolic OH excluding ortho intramolecular Hbond substituents is 2. The van der Waals surface area contributed by atoms with Gasteiger partial charge in [0.15, 0.2) is 0 Å². The standard InChI is InChI=1S/C21H24N4O4/c26-18-10-6-4-8-16(18)14-22-24-20(28)12-2-1-3-13-21(29)25-23-15-17-9-5-7-11-19(17)27/h4-11,14-15,26-27H,1-3,12-13H2,(H,24,28)(H,25,29). The number of nitrogens with one attached hydrogen (secondary N) is 2. The largest absolute Gasteiger partial charge is 0.507 e. The van der Waals surface area contributed by atoms with Gasteiger partial charge in [0.05, 0.1) is 12.4 Å². The summed E-state index contributed by atoms with van der Waals surface area (Å²) in [7, 11) is 0. The second kappa shape index (κ2) is 11.9. The highest BCUT2D eigenvalue weighted by Crippen LogP contribution is 2.13. The van der Waals surface area contributed by atoms with Crippen LogP contribution in [0.5, 0.6) is 11.5 Å². The molecule has 0 unspecified atom stereocenters. The molecular weight excluding hydrogens is 372 g/mol. The van der Waals surface area contributed by atoms with Gasteiger partial charge in [0.1, 0.15) is 11.5 Å². The molecule has 0 atom stereocenters. The van der Waals surface area contributed by atoms with Crippen molar-refractivity contribution in [2.24, 2.45) is 10.2 Å². The molecule has 8 heteroatoms. The van der Waals surface area contributed by atoms with Crippen LogP contribution < -0.4 is 10.9 Å². The van der Waals surface area contributed by atoms with E-state index in [1.54, 1.807) is 36.4 Å². The van der Waals surface area contributed by atoms with Crippen LogP contribution in [0.3, 0.4) is 0 Å². The second-order valence-corrected chi connectivity index (χ2v) is 6.26. The van der Waals surface area contributed by atoms with Crippen molar-refractivity contribution in [3.05, 3.63) is 59.7 Å². The number of hydrazone groups is 2. The SMILES string of the molecule is O=C(CCCCCC(=O)NN=Cc1ccccc1O)NN=Cc1ccccc1O. The summed E-state index contributed by atoms with van der Waals surface area (Å²) in [5, 5.41) is 26.8. The van der Waals surface area contributed by atoms with E-state index in [1.165, 1.54) is 24.6 Å². The van der Waals surface area contributed by atoms with E-state index >= 15 is 0 Å². The zero-order valence-corrected chi connectivity index (χ0v) is 15.9. The van der Waals surface area contributed by atoms with Gasteiger partial charge in [-0.15, -0.1) is 0 Å². The molecule has 152 valence electrons. The van der Waals surface area contributed by atoms with E-state index in [9.17, 15) is 19.8 Å². The van der Waals surface area contributed by atoms with Crippen LogP contribution in [0.4, 0.5) is 0 Å². The number of carbonyl (C=O) groups is 2. The molecule has 0 aliphatic carbocycles. The van der Waals surface area contributed by atoms with Gasteiger partial charge in [-0.2, -0.15) is 10.2 Å². The van der Waals surface area contributed by atoms with Gasteiger partial charge in [-0.3, -0.25) is 9.59 Å². The Morgan fingerprint density at radius 3 is 1.55 bits per heavy atom. The van der Waals surface area contributed by atoms with Crippen molar-refractivity contribution in [1.82, 2.24) is 10.9 Å². The van der Waals surface area contributed by atoms with Crippen LogP contribution in [-0.4, -0.2) is 34.5 Å². The zero-order chi connectivity index (χ0) is 20.9. The molecule has 2 aromatic rings. The third-order valence-corrected chi connectivity index (χ3v) is 3.97. The van der Waals surface area contributed by atoms with Crippen LogP contribution in [0.1, 0.15) is 43.2 Å². The number of nitrogens with zero attached hydrogens (tertiary/aromatic N) is 2. The monoisotopic (exact) mass is 396 g/mol. The van der Waals surface area contributed by atoms with Crippen LogP contribution >= 0.6 is 0 Å². The van der Waals surface area contributed by atoms with Crippen molar-refractivity contribution in [2.75, 3.05) is 0 Å². The lowest BCUT2D eigenvalue weighted by molar-refractivity contribution is -0.121. The fourth-order valence-corrected chi connectivity index (χ4v) is 2.40. The first kappa shape index (κ1) is 21.6. The first-order valence-corrected chi connectivity index (χ1v) is 9.26. The van der Waals surface area contributed by atoms with Crippen molar-refractivity contribution in [3.8, 4) is 11.5 Å². The fraction of sp³-hybridized carbons (Fsp3) is 0.238. The summed E-state index contributed by atoms with van der Waals surface area (Å²) in [6, 6.07) is 13.4. The summed E-state index contributed by atoms with van der Waals surface area (Å²) >= 11 is 0. The van der Waals surface area contributed by atoms with E-state index in [0.717, 1.165) is 0 Å². The lowest BCUT2D eigenvalue weighted by atomic mass is 10.1. The minimum absolute atomic E-state index is 0.0914. The third-order valence-electron chi connectivity index (χ3n) is 3.97. The van der Waals surface area contributed by atoms with Crippen molar-refractivity contribution in [1.29, 1.82) is 0 Å². The number of unbranched alkanes of at least 4 members (excludes halogenated alkanes) is 2. The average Bonchev–Trinajstić information content (AvgIpc) is 2.70. The number of hydrogen-bond acceptors (Lipinski definition) is 6. The van der Waals surface area contributed by atoms with Gasteiger partial charge in [0.25, 0.3) is 0 Å². The highest BCUT2D eigenvalue weighted by molar-refractivity contribution is 5.85. The maximum atomic E-state index is 11.7. The van der Waals surface area contributed by atoms with Crippen molar-refractivity contribution in [3.63, 3.8) is 0 Å². The first-order valence-electron chi connectivity index (χ1n) is 9.26. The number of amides is 2. The lowest BCUT2D eigenvalue weighted by Crippen LogP contribution is -2.18. The molecule has 0 aliphatic heterocycles. The Morgan fingerprint density at radius 2 is 1.14 bits per heavy atom. The van der Waals surface area contributed by atoms with Crippen LogP contribution in [0.25, 0.3) is 0 Å². The van der Waals surface area contributed by atoms with Gasteiger partial charge in [0, 0.05) is 24.0 Å². The molecule has 2 rings (SSSR count). The second-order valence-electron chi connectivity index (χ2n) is 6.26. The van der Waals surface area contributed by atoms with Crippen LogP contribution in [-0.2, 0) is 9.59 Å². The normalized spacial score (nSPS) is 11.0. The van der Waals surface area contributed by atoms with Crippen molar-refractivity contribution < 1.29 is 19.8 Å². The molecule has 0 heterocycles. The molecule has 29 heavy (non-hydrogen) atoms. The number of phenols is 2. The summed E-state index contributed by atoms with van der Waals surface area (Å²) in [4.78, 5) is 23.4. The minimum atomic E-state index is -0.228. The van der Waals surface area contributed by atoms with Crippen LogP contribution in [0.2, 0.25) is 0 Å². The van der Waals surface area contributed by atoms with Gasteiger partial charge < -0.3 is 10.2 Å². The molecule has 0 saturated carbocycles. The highest BCUT2D eigenvalue weighted by atomic mass is 16.3. The first-order chi connectivity index (χ1) is 14.1. The molecule has 0 saturated heterocycles. The Labute approximate surface area is 169 Å². The predicted molar refractivity (Wildman–Crippen MR) is 111 cm³/mol. The Kier molecular flexibility index (Phi) is 8.88. The molecule has 0 spiro atoms. The molecule has 0 fully saturated rings. The molecule has 2 aromatic carbocycles. The third kappa shape index (κ3) is 8.25. The maximum Gasteiger partial charge on any atom is 0.240 e. The molecule has 0 radical (unpaired) electrons.